The maximum atomic E-state index is 14.3. The fraction of sp³-hybridized carbons (Fsp3) is 0.591. The van der Waals surface area contributed by atoms with E-state index in [9.17, 15) is 27.2 Å². The summed E-state index contributed by atoms with van der Waals surface area (Å²) in [5, 5.41) is 2.21. The lowest BCUT2D eigenvalue weighted by Crippen LogP contribution is -2.29. The number of carbonyl (C=O) groups is 3. The molecule has 1 aromatic carbocycles. The molecule has 1 saturated carbocycles. The van der Waals surface area contributed by atoms with Crippen molar-refractivity contribution < 1.29 is 27.2 Å². The fourth-order valence-electron chi connectivity index (χ4n) is 3.84. The van der Waals surface area contributed by atoms with Crippen LogP contribution in [0.1, 0.15) is 50.5 Å². The van der Waals surface area contributed by atoms with Crippen molar-refractivity contribution in [3.63, 3.8) is 0 Å². The smallest absolute Gasteiger partial charge is 0.315 e. The van der Waals surface area contributed by atoms with E-state index in [0.29, 0.717) is 31.4 Å². The van der Waals surface area contributed by atoms with Crippen LogP contribution in [0.4, 0.5) is 14.9 Å². The minimum absolute atomic E-state index is 0.0244. The average Bonchev–Trinajstić information content (AvgIpc) is 3.51. The van der Waals surface area contributed by atoms with Gasteiger partial charge in [0.25, 0.3) is 0 Å². The van der Waals surface area contributed by atoms with Crippen molar-refractivity contribution >= 4 is 33.4 Å². The monoisotopic (exact) mass is 467 g/mol. The SMILES string of the molecule is C[C@@H](CS(=O)(=O)CCCCCN1CC(=O)NC1=O)c1ccc(F)c(N(C)C(=O)C2CC2)c1. The van der Waals surface area contributed by atoms with Crippen molar-refractivity contribution in [2.45, 2.75) is 44.9 Å². The Morgan fingerprint density at radius 3 is 2.59 bits per heavy atom. The number of carbonyl (C=O) groups excluding carboxylic acids is 3. The highest BCUT2D eigenvalue weighted by atomic mass is 32.2. The number of urea groups is 1. The number of anilines is 1. The topological polar surface area (TPSA) is 104 Å². The van der Waals surface area contributed by atoms with Crippen LogP contribution in [0.5, 0.6) is 0 Å². The molecule has 0 radical (unpaired) electrons. The Labute approximate surface area is 188 Å². The van der Waals surface area contributed by atoms with Gasteiger partial charge in [0.05, 0.1) is 17.2 Å². The highest BCUT2D eigenvalue weighted by Crippen LogP contribution is 2.34. The van der Waals surface area contributed by atoms with E-state index in [1.54, 1.807) is 26.1 Å². The number of hydrogen-bond acceptors (Lipinski definition) is 5. The Balaban J connectivity index is 1.49. The van der Waals surface area contributed by atoms with E-state index >= 15 is 0 Å². The van der Waals surface area contributed by atoms with E-state index in [4.69, 9.17) is 0 Å². The van der Waals surface area contributed by atoms with Gasteiger partial charge in [0.1, 0.15) is 12.4 Å². The molecular weight excluding hydrogens is 437 g/mol. The first-order valence-corrected chi connectivity index (χ1v) is 12.8. The predicted octanol–water partition coefficient (Wildman–Crippen LogP) is 2.44. The van der Waals surface area contributed by atoms with Crippen LogP contribution in [-0.2, 0) is 19.4 Å². The molecule has 1 heterocycles. The summed E-state index contributed by atoms with van der Waals surface area (Å²) >= 11 is 0. The number of hydrogen-bond donors (Lipinski definition) is 1. The number of halogens is 1. The summed E-state index contributed by atoms with van der Waals surface area (Å²) in [7, 11) is -1.78. The van der Waals surface area contributed by atoms with Gasteiger partial charge in [-0.2, -0.15) is 0 Å². The quantitative estimate of drug-likeness (QED) is 0.398. The molecule has 3 rings (SSSR count). The number of imide groups is 1. The Morgan fingerprint density at radius 2 is 1.97 bits per heavy atom. The minimum atomic E-state index is -3.33. The Hall–Kier alpha value is -2.49. The molecule has 2 aliphatic rings. The van der Waals surface area contributed by atoms with Crippen LogP contribution in [0, 0.1) is 11.7 Å². The summed E-state index contributed by atoms with van der Waals surface area (Å²) in [4.78, 5) is 37.6. The predicted molar refractivity (Wildman–Crippen MR) is 119 cm³/mol. The second-order valence-electron chi connectivity index (χ2n) is 8.73. The maximum Gasteiger partial charge on any atom is 0.324 e. The summed E-state index contributed by atoms with van der Waals surface area (Å²) < 4.78 is 39.4. The zero-order chi connectivity index (χ0) is 23.5. The number of benzene rings is 1. The van der Waals surface area contributed by atoms with Gasteiger partial charge in [-0.05, 0) is 49.3 Å². The van der Waals surface area contributed by atoms with Gasteiger partial charge in [-0.15, -0.1) is 0 Å². The Bertz CT molecular complexity index is 993. The van der Waals surface area contributed by atoms with Gasteiger partial charge < -0.3 is 9.80 Å². The second kappa shape index (κ2) is 9.97. The van der Waals surface area contributed by atoms with Crippen LogP contribution in [-0.4, -0.2) is 62.8 Å². The second-order valence-corrected chi connectivity index (χ2v) is 11.0. The van der Waals surface area contributed by atoms with Gasteiger partial charge in [-0.3, -0.25) is 14.9 Å². The standard InChI is InChI=1S/C22H30FN3O5S/c1-15(17-8-9-18(23)19(12-17)25(2)21(28)16-6-7-16)14-32(30,31)11-5-3-4-10-26-13-20(27)24-22(26)29/h8-9,12,15-16H,3-7,10-11,13-14H2,1-2H3,(H,24,27,29)/t15-/m0/s1. The summed E-state index contributed by atoms with van der Waals surface area (Å²) in [5.41, 5.74) is 0.846. The van der Waals surface area contributed by atoms with Gasteiger partial charge >= 0.3 is 6.03 Å². The van der Waals surface area contributed by atoms with Gasteiger partial charge in [0.15, 0.2) is 9.84 Å². The van der Waals surface area contributed by atoms with Crippen molar-refractivity contribution in [2.75, 3.05) is 36.5 Å². The van der Waals surface area contributed by atoms with Crippen LogP contribution in [0.25, 0.3) is 0 Å². The summed E-state index contributed by atoms with van der Waals surface area (Å²) in [6.45, 7) is 2.25. The first kappa shape index (κ1) is 24.2. The van der Waals surface area contributed by atoms with Gasteiger partial charge in [-0.25, -0.2) is 17.6 Å². The van der Waals surface area contributed by atoms with Crippen LogP contribution in [0.15, 0.2) is 18.2 Å². The average molecular weight is 468 g/mol. The first-order valence-electron chi connectivity index (χ1n) is 10.9. The van der Waals surface area contributed by atoms with Crippen LogP contribution < -0.4 is 10.2 Å². The molecule has 1 aliphatic carbocycles. The van der Waals surface area contributed by atoms with E-state index in [-0.39, 0.29) is 47.4 Å². The highest BCUT2D eigenvalue weighted by Gasteiger charge is 2.33. The largest absolute Gasteiger partial charge is 0.324 e. The molecule has 1 atom stereocenters. The number of nitrogens with one attached hydrogen (secondary N) is 1. The Kier molecular flexibility index (Phi) is 7.53. The number of sulfone groups is 1. The maximum absolute atomic E-state index is 14.3. The molecule has 1 aliphatic heterocycles. The summed E-state index contributed by atoms with van der Waals surface area (Å²) in [5.74, 6) is -1.37. The molecule has 1 saturated heterocycles. The van der Waals surface area contributed by atoms with Crippen LogP contribution >= 0.6 is 0 Å². The molecule has 8 nitrogen and oxygen atoms in total. The molecule has 0 aromatic heterocycles. The van der Waals surface area contributed by atoms with Crippen molar-refractivity contribution in [3.8, 4) is 0 Å². The molecule has 1 aromatic rings. The van der Waals surface area contributed by atoms with Crippen molar-refractivity contribution in [3.05, 3.63) is 29.6 Å². The highest BCUT2D eigenvalue weighted by molar-refractivity contribution is 7.91. The molecular formula is C22H30FN3O5S. The van der Waals surface area contributed by atoms with Gasteiger partial charge in [0, 0.05) is 19.5 Å². The number of unbranched alkanes of at least 4 members (excludes halogenated alkanes) is 2. The first-order chi connectivity index (χ1) is 15.1. The zero-order valence-corrected chi connectivity index (χ0v) is 19.3. The third kappa shape index (κ3) is 6.27. The van der Waals surface area contributed by atoms with Crippen LogP contribution in [0.3, 0.4) is 0 Å². The fourth-order valence-corrected chi connectivity index (χ4v) is 5.61. The lowest BCUT2D eigenvalue weighted by Gasteiger charge is -2.20. The normalized spacial score (nSPS) is 17.4. The lowest BCUT2D eigenvalue weighted by molar-refractivity contribution is -0.119. The van der Waals surface area contributed by atoms with E-state index in [1.165, 1.54) is 15.9 Å². The van der Waals surface area contributed by atoms with Crippen molar-refractivity contribution in [1.82, 2.24) is 10.2 Å². The molecule has 10 heteroatoms. The van der Waals surface area contributed by atoms with E-state index in [1.807, 2.05) is 0 Å². The molecule has 176 valence electrons. The number of amides is 4. The zero-order valence-electron chi connectivity index (χ0n) is 18.5. The molecule has 0 unspecified atom stereocenters. The molecule has 0 spiro atoms. The Morgan fingerprint density at radius 1 is 1.25 bits per heavy atom. The molecule has 1 N–H and O–H groups in total. The van der Waals surface area contributed by atoms with Gasteiger partial charge in [0.2, 0.25) is 11.8 Å². The van der Waals surface area contributed by atoms with E-state index in [2.05, 4.69) is 5.32 Å². The number of nitrogens with zero attached hydrogens (tertiary/aromatic N) is 2. The van der Waals surface area contributed by atoms with Crippen molar-refractivity contribution in [2.24, 2.45) is 5.92 Å². The lowest BCUT2D eigenvalue weighted by atomic mass is 10.0. The summed E-state index contributed by atoms with van der Waals surface area (Å²) in [6.07, 6.45) is 3.35. The van der Waals surface area contributed by atoms with Crippen LogP contribution in [0.2, 0.25) is 0 Å². The van der Waals surface area contributed by atoms with Crippen molar-refractivity contribution in [1.29, 1.82) is 0 Å². The molecule has 0 bridgehead atoms. The molecule has 2 fully saturated rings. The molecule has 4 amide bonds. The van der Waals surface area contributed by atoms with Gasteiger partial charge in [-0.1, -0.05) is 19.4 Å². The van der Waals surface area contributed by atoms with E-state index in [0.717, 1.165) is 12.8 Å². The summed E-state index contributed by atoms with van der Waals surface area (Å²) in [6, 6.07) is 4.01. The number of rotatable bonds is 11. The van der Waals surface area contributed by atoms with E-state index < -0.39 is 21.7 Å². The third-order valence-electron chi connectivity index (χ3n) is 5.91. The minimum Gasteiger partial charge on any atom is -0.315 e. The third-order valence-corrected chi connectivity index (χ3v) is 7.83. The molecule has 32 heavy (non-hydrogen) atoms.